The molecule has 4 nitrogen and oxygen atoms in total. The fourth-order valence-electron chi connectivity index (χ4n) is 2.84. The lowest BCUT2D eigenvalue weighted by Crippen LogP contribution is -2.30. The van der Waals surface area contributed by atoms with Crippen LogP contribution in [0.3, 0.4) is 0 Å². The van der Waals surface area contributed by atoms with E-state index in [4.69, 9.17) is 5.73 Å². The highest BCUT2D eigenvalue weighted by molar-refractivity contribution is 7.89. The second-order valence-corrected chi connectivity index (χ2v) is 7.66. The topological polar surface area (TPSA) is 72.2 Å². The molecule has 0 saturated heterocycles. The predicted octanol–water partition coefficient (Wildman–Crippen LogP) is 2.44. The standard InChI is InChI=1S/C16H26N2O2S/c17-12-4-7-14-8-10-16(11-9-14)21(19,20)18-13-15-5-2-1-3-6-15/h8-11,15,18H,1-7,12-13,17H2. The fraction of sp³-hybridized carbons (Fsp3) is 0.625. The third-order valence-corrected chi connectivity index (χ3v) is 5.63. The summed E-state index contributed by atoms with van der Waals surface area (Å²) in [6.07, 6.45) is 7.83. The maximum absolute atomic E-state index is 12.3. The van der Waals surface area contributed by atoms with Gasteiger partial charge >= 0.3 is 0 Å². The quantitative estimate of drug-likeness (QED) is 0.812. The average Bonchev–Trinajstić information content (AvgIpc) is 2.52. The first-order valence-electron chi connectivity index (χ1n) is 7.90. The van der Waals surface area contributed by atoms with Gasteiger partial charge in [0.1, 0.15) is 0 Å². The predicted molar refractivity (Wildman–Crippen MR) is 85.6 cm³/mol. The third-order valence-electron chi connectivity index (χ3n) is 4.19. The van der Waals surface area contributed by atoms with Crippen molar-refractivity contribution >= 4 is 10.0 Å². The van der Waals surface area contributed by atoms with E-state index >= 15 is 0 Å². The molecule has 5 heteroatoms. The van der Waals surface area contributed by atoms with Gasteiger partial charge in [-0.15, -0.1) is 0 Å². The molecule has 3 N–H and O–H groups in total. The van der Waals surface area contributed by atoms with Gasteiger partial charge < -0.3 is 5.73 Å². The lowest BCUT2D eigenvalue weighted by atomic mass is 9.90. The molecule has 2 rings (SSSR count). The Morgan fingerprint density at radius 2 is 1.76 bits per heavy atom. The lowest BCUT2D eigenvalue weighted by molar-refractivity contribution is 0.357. The zero-order valence-corrected chi connectivity index (χ0v) is 13.4. The van der Waals surface area contributed by atoms with E-state index in [0.29, 0.717) is 23.9 Å². The third kappa shape index (κ3) is 5.09. The van der Waals surface area contributed by atoms with E-state index < -0.39 is 10.0 Å². The van der Waals surface area contributed by atoms with Crippen molar-refractivity contribution in [2.45, 2.75) is 49.8 Å². The van der Waals surface area contributed by atoms with Gasteiger partial charge in [-0.1, -0.05) is 31.4 Å². The summed E-state index contributed by atoms with van der Waals surface area (Å²) in [4.78, 5) is 0.356. The number of hydrogen-bond donors (Lipinski definition) is 2. The number of aryl methyl sites for hydroxylation is 1. The molecule has 0 spiro atoms. The Bertz CT molecular complexity index is 520. The van der Waals surface area contributed by atoms with E-state index in [2.05, 4.69) is 4.72 Å². The molecule has 0 radical (unpaired) electrons. The van der Waals surface area contributed by atoms with Crippen molar-refractivity contribution in [3.63, 3.8) is 0 Å². The highest BCUT2D eigenvalue weighted by atomic mass is 32.2. The Morgan fingerprint density at radius 1 is 1.10 bits per heavy atom. The molecule has 118 valence electrons. The fourth-order valence-corrected chi connectivity index (χ4v) is 3.96. The van der Waals surface area contributed by atoms with Crippen LogP contribution in [0.5, 0.6) is 0 Å². The van der Waals surface area contributed by atoms with E-state index in [1.807, 2.05) is 12.1 Å². The van der Waals surface area contributed by atoms with Crippen molar-refractivity contribution in [3.8, 4) is 0 Å². The van der Waals surface area contributed by atoms with Crippen LogP contribution in [-0.2, 0) is 16.4 Å². The summed E-state index contributed by atoms with van der Waals surface area (Å²) in [7, 11) is -3.37. The first kappa shape index (κ1) is 16.5. The van der Waals surface area contributed by atoms with Crippen LogP contribution in [0.15, 0.2) is 29.2 Å². The van der Waals surface area contributed by atoms with Gasteiger partial charge in [-0.25, -0.2) is 13.1 Å². The van der Waals surface area contributed by atoms with Crippen LogP contribution >= 0.6 is 0 Å². The van der Waals surface area contributed by atoms with Crippen LogP contribution in [0.4, 0.5) is 0 Å². The molecular weight excluding hydrogens is 284 g/mol. The van der Waals surface area contributed by atoms with Crippen LogP contribution in [0.25, 0.3) is 0 Å². The van der Waals surface area contributed by atoms with Crippen molar-refractivity contribution in [2.75, 3.05) is 13.1 Å². The SMILES string of the molecule is NCCCc1ccc(S(=O)(=O)NCC2CCCCC2)cc1. The summed E-state index contributed by atoms with van der Waals surface area (Å²) in [5.41, 5.74) is 6.61. The molecule has 21 heavy (non-hydrogen) atoms. The molecule has 1 aromatic carbocycles. The highest BCUT2D eigenvalue weighted by Crippen LogP contribution is 2.23. The molecule has 0 unspecified atom stereocenters. The second kappa shape index (κ2) is 7.92. The van der Waals surface area contributed by atoms with Gasteiger partial charge in [0.25, 0.3) is 0 Å². The van der Waals surface area contributed by atoms with Crippen molar-refractivity contribution in [1.29, 1.82) is 0 Å². The highest BCUT2D eigenvalue weighted by Gasteiger charge is 2.18. The molecule has 1 saturated carbocycles. The van der Waals surface area contributed by atoms with Gasteiger partial charge in [0.15, 0.2) is 0 Å². The van der Waals surface area contributed by atoms with Crippen LogP contribution in [0.1, 0.15) is 44.1 Å². The summed E-state index contributed by atoms with van der Waals surface area (Å²) in [5.74, 6) is 0.498. The normalized spacial score (nSPS) is 17.0. The van der Waals surface area contributed by atoms with Crippen LogP contribution < -0.4 is 10.5 Å². The summed E-state index contributed by atoms with van der Waals surface area (Å²) in [6, 6.07) is 7.14. The molecule has 0 aromatic heterocycles. The van der Waals surface area contributed by atoms with Crippen LogP contribution in [-0.4, -0.2) is 21.5 Å². The van der Waals surface area contributed by atoms with Gasteiger partial charge in [-0.2, -0.15) is 0 Å². The molecule has 1 aliphatic rings. The minimum atomic E-state index is -3.37. The monoisotopic (exact) mass is 310 g/mol. The summed E-state index contributed by atoms with van der Waals surface area (Å²) in [6.45, 7) is 1.22. The summed E-state index contributed by atoms with van der Waals surface area (Å²) >= 11 is 0. The maximum Gasteiger partial charge on any atom is 0.240 e. The molecule has 0 heterocycles. The van der Waals surface area contributed by atoms with Crippen LogP contribution in [0, 0.1) is 5.92 Å². The molecule has 1 aliphatic carbocycles. The number of hydrogen-bond acceptors (Lipinski definition) is 3. The largest absolute Gasteiger partial charge is 0.330 e. The Balaban J connectivity index is 1.91. The van der Waals surface area contributed by atoms with E-state index in [1.54, 1.807) is 12.1 Å². The second-order valence-electron chi connectivity index (χ2n) is 5.89. The van der Waals surface area contributed by atoms with Gasteiger partial charge in [-0.05, 0) is 55.8 Å². The molecule has 0 bridgehead atoms. The van der Waals surface area contributed by atoms with Crippen molar-refractivity contribution in [1.82, 2.24) is 4.72 Å². The molecule has 0 aliphatic heterocycles. The minimum absolute atomic E-state index is 0.356. The number of rotatable bonds is 7. The van der Waals surface area contributed by atoms with Crippen molar-refractivity contribution in [3.05, 3.63) is 29.8 Å². The molecule has 0 amide bonds. The Labute approximate surface area is 128 Å². The zero-order chi connectivity index (χ0) is 15.1. The lowest BCUT2D eigenvalue weighted by Gasteiger charge is -2.21. The first-order valence-corrected chi connectivity index (χ1v) is 9.39. The zero-order valence-electron chi connectivity index (χ0n) is 12.6. The maximum atomic E-state index is 12.3. The van der Waals surface area contributed by atoms with Crippen LogP contribution in [0.2, 0.25) is 0 Å². The van der Waals surface area contributed by atoms with Crippen molar-refractivity contribution in [2.24, 2.45) is 11.7 Å². The Hall–Kier alpha value is -0.910. The Kier molecular flexibility index (Phi) is 6.21. The van der Waals surface area contributed by atoms with Gasteiger partial charge in [0, 0.05) is 6.54 Å². The van der Waals surface area contributed by atoms with E-state index in [1.165, 1.54) is 19.3 Å². The molecular formula is C16H26N2O2S. The molecule has 1 aromatic rings. The van der Waals surface area contributed by atoms with Gasteiger partial charge in [0.2, 0.25) is 10.0 Å². The summed E-state index contributed by atoms with van der Waals surface area (Å²) < 4.78 is 27.3. The first-order chi connectivity index (χ1) is 10.1. The van der Waals surface area contributed by atoms with Crippen molar-refractivity contribution < 1.29 is 8.42 Å². The average molecular weight is 310 g/mol. The number of benzene rings is 1. The number of sulfonamides is 1. The van der Waals surface area contributed by atoms with Gasteiger partial charge in [-0.3, -0.25) is 0 Å². The minimum Gasteiger partial charge on any atom is -0.330 e. The van der Waals surface area contributed by atoms with E-state index in [9.17, 15) is 8.42 Å². The van der Waals surface area contributed by atoms with Gasteiger partial charge in [0.05, 0.1) is 4.90 Å². The molecule has 0 atom stereocenters. The van der Waals surface area contributed by atoms with E-state index in [0.717, 1.165) is 31.2 Å². The Morgan fingerprint density at radius 3 is 2.38 bits per heavy atom. The van der Waals surface area contributed by atoms with E-state index in [-0.39, 0.29) is 0 Å². The smallest absolute Gasteiger partial charge is 0.240 e. The summed E-state index contributed by atoms with van der Waals surface area (Å²) in [5, 5.41) is 0. The molecule has 1 fully saturated rings. The number of nitrogens with one attached hydrogen (secondary N) is 1. The number of nitrogens with two attached hydrogens (primary N) is 1.